The highest BCUT2D eigenvalue weighted by molar-refractivity contribution is 7.91. The predicted octanol–water partition coefficient (Wildman–Crippen LogP) is 5.21. The minimum Gasteiger partial charge on any atom is -0.445 e. The van der Waals surface area contributed by atoms with E-state index in [4.69, 9.17) is 9.15 Å². The fraction of sp³-hybridized carbons (Fsp3) is 0.500. The van der Waals surface area contributed by atoms with Crippen LogP contribution in [0.15, 0.2) is 59.0 Å². The molecule has 3 N–H and O–H groups in total. The third-order valence-electron chi connectivity index (χ3n) is 10.6. The minimum absolute atomic E-state index is 0.0770. The van der Waals surface area contributed by atoms with Gasteiger partial charge in [-0.05, 0) is 75.8 Å². The number of hydrogen-bond donors (Lipinski definition) is 3. The summed E-state index contributed by atoms with van der Waals surface area (Å²) in [4.78, 5) is 48.0. The van der Waals surface area contributed by atoms with Gasteiger partial charge in [-0.15, -0.1) is 0 Å². The normalized spacial score (nSPS) is 28.1. The summed E-state index contributed by atoms with van der Waals surface area (Å²) in [6, 6.07) is 6.93. The zero-order valence-electron chi connectivity index (χ0n) is 28.7. The van der Waals surface area contributed by atoms with Gasteiger partial charge in [0.05, 0.1) is 16.9 Å². The van der Waals surface area contributed by atoms with Crippen LogP contribution in [0.1, 0.15) is 70.3 Å². The molecule has 7 rings (SSSR count). The number of sulfonamides is 1. The number of hydrogen-bond acceptors (Lipinski definition) is 9. The van der Waals surface area contributed by atoms with Gasteiger partial charge in [-0.2, -0.15) is 18.2 Å². The number of nitrogens with one attached hydrogen (secondary N) is 3. The van der Waals surface area contributed by atoms with Crippen LogP contribution in [-0.4, -0.2) is 71.0 Å². The molecular weight excluding hydrogens is 722 g/mol. The van der Waals surface area contributed by atoms with Gasteiger partial charge < -0.3 is 24.7 Å². The van der Waals surface area contributed by atoms with Gasteiger partial charge in [0.25, 0.3) is 5.91 Å². The van der Waals surface area contributed by atoms with Crippen molar-refractivity contribution < 1.29 is 49.5 Å². The molecule has 2 saturated carbocycles. The van der Waals surface area contributed by atoms with Crippen LogP contribution in [0.5, 0.6) is 6.08 Å². The number of carbonyl (C=O) groups excluding carboxylic acids is 3. The fourth-order valence-corrected chi connectivity index (χ4v) is 8.34. The molecule has 3 amide bonds. The molecule has 3 aromatic rings. The second-order valence-electron chi connectivity index (χ2n) is 14.5. The molecule has 0 bridgehead atoms. The largest absolute Gasteiger partial charge is 0.445 e. The highest BCUT2D eigenvalue weighted by atomic mass is 32.2. The zero-order chi connectivity index (χ0) is 37.8. The molecule has 4 aliphatic rings. The number of alkyl halides is 3. The third kappa shape index (κ3) is 7.44. The summed E-state index contributed by atoms with van der Waals surface area (Å²) in [6.07, 6.45) is 1.17. The van der Waals surface area contributed by atoms with E-state index in [1.165, 1.54) is 4.90 Å². The monoisotopic (exact) mass is 761 g/mol. The van der Waals surface area contributed by atoms with Crippen LogP contribution in [-0.2, 0) is 30.6 Å². The molecule has 0 unspecified atom stereocenters. The van der Waals surface area contributed by atoms with E-state index in [0.717, 1.165) is 6.07 Å². The molecular formula is C36H39F4N5O7S. The third-order valence-corrected chi connectivity index (χ3v) is 12.8. The topological polar surface area (TPSA) is 160 Å². The molecule has 1 saturated heterocycles. The highest BCUT2D eigenvalue weighted by Crippen LogP contribution is 2.47. The van der Waals surface area contributed by atoms with Gasteiger partial charge in [-0.1, -0.05) is 37.1 Å². The summed E-state index contributed by atoms with van der Waals surface area (Å²) in [7, 11) is -4.04. The SMILES string of the molecule is CC1(S(=O)(=O)NC(=O)[C@@]23C[C@H]2/C=C\CCCCC[C@H](Nc2ccc(F)c(C(F)(F)F)c2)C(=O)N2C[C@H](Oc4nc5ccccc5o4)C[C@H]2C(=O)N3)CC1. The van der Waals surface area contributed by atoms with Gasteiger partial charge in [0.1, 0.15) is 35.1 Å². The number of nitrogens with zero attached hydrogens (tertiary/aromatic N) is 2. The van der Waals surface area contributed by atoms with Crippen molar-refractivity contribution in [3.05, 3.63) is 66.0 Å². The Kier molecular flexibility index (Phi) is 9.43. The van der Waals surface area contributed by atoms with Gasteiger partial charge in [0, 0.05) is 18.0 Å². The number of fused-ring (bicyclic) bond motifs is 3. The Hall–Kier alpha value is -4.67. The Bertz CT molecular complexity index is 2030. The number of benzene rings is 2. The quantitative estimate of drug-likeness (QED) is 0.217. The molecule has 53 heavy (non-hydrogen) atoms. The lowest BCUT2D eigenvalue weighted by atomic mass is 10.0. The van der Waals surface area contributed by atoms with Crippen LogP contribution in [0.2, 0.25) is 0 Å². The minimum atomic E-state index is -4.98. The first-order valence-electron chi connectivity index (χ1n) is 17.6. The summed E-state index contributed by atoms with van der Waals surface area (Å²) in [6.45, 7) is 1.39. The van der Waals surface area contributed by atoms with E-state index in [1.807, 2.05) is 6.08 Å². The van der Waals surface area contributed by atoms with Gasteiger partial charge in [-0.25, -0.2) is 12.8 Å². The van der Waals surface area contributed by atoms with Crippen LogP contribution < -0.4 is 20.1 Å². The molecule has 12 nitrogen and oxygen atoms in total. The maximum absolute atomic E-state index is 14.4. The number of allylic oxidation sites excluding steroid dienone is 1. The van der Waals surface area contributed by atoms with Crippen molar-refractivity contribution in [1.82, 2.24) is 19.9 Å². The van der Waals surface area contributed by atoms with Crippen LogP contribution in [0, 0.1) is 11.7 Å². The lowest BCUT2D eigenvalue weighted by molar-refractivity contribution is -0.140. The molecule has 0 spiro atoms. The second kappa shape index (κ2) is 13.6. The van der Waals surface area contributed by atoms with Crippen molar-refractivity contribution in [1.29, 1.82) is 0 Å². The first kappa shape index (κ1) is 36.7. The van der Waals surface area contributed by atoms with Crippen LogP contribution >= 0.6 is 0 Å². The summed E-state index contributed by atoms with van der Waals surface area (Å²) < 4.78 is 93.9. The van der Waals surface area contributed by atoms with E-state index in [9.17, 15) is 40.4 Å². The molecule has 1 aromatic heterocycles. The lowest BCUT2D eigenvalue weighted by Crippen LogP contribution is -2.58. The average Bonchev–Trinajstić information content (AvgIpc) is 3.91. The maximum atomic E-state index is 14.4. The number of amides is 3. The maximum Gasteiger partial charge on any atom is 0.419 e. The molecule has 0 radical (unpaired) electrons. The van der Waals surface area contributed by atoms with E-state index in [1.54, 1.807) is 37.3 Å². The number of anilines is 1. The number of carbonyl (C=O) groups is 3. The summed E-state index contributed by atoms with van der Waals surface area (Å²) in [5.74, 6) is -4.21. The molecule has 3 heterocycles. The van der Waals surface area contributed by atoms with E-state index in [-0.39, 0.29) is 37.6 Å². The van der Waals surface area contributed by atoms with Gasteiger partial charge in [0.15, 0.2) is 5.58 Å². The van der Waals surface area contributed by atoms with Gasteiger partial charge >= 0.3 is 12.3 Å². The number of aromatic nitrogens is 1. The summed E-state index contributed by atoms with van der Waals surface area (Å²) >= 11 is 0. The van der Waals surface area contributed by atoms with Gasteiger partial charge in [-0.3, -0.25) is 19.1 Å². The van der Waals surface area contributed by atoms with Crippen molar-refractivity contribution in [3.63, 3.8) is 0 Å². The second-order valence-corrected chi connectivity index (χ2v) is 16.7. The molecule has 5 atom stereocenters. The first-order valence-corrected chi connectivity index (χ1v) is 19.1. The number of para-hydroxylation sites is 2. The Morgan fingerprint density at radius 3 is 2.62 bits per heavy atom. The van der Waals surface area contributed by atoms with Gasteiger partial charge in [0.2, 0.25) is 21.8 Å². The molecule has 2 aliphatic heterocycles. The zero-order valence-corrected chi connectivity index (χ0v) is 29.6. The number of ether oxygens (including phenoxy) is 1. The Morgan fingerprint density at radius 1 is 1.11 bits per heavy atom. The van der Waals surface area contributed by atoms with E-state index >= 15 is 0 Å². The standard InChI is InChI=1S/C36H39F4N5O7S/c1-34(15-16-34)53(49,50)44-32(48)35-19-21(35)9-5-3-2-4-6-11-27(41-22-13-14-25(37)24(17-22)36(38,39)40)31(47)45-20-23(18-28(45)30(46)43-35)51-33-42-26-10-7-8-12-29(26)52-33/h5,7-10,12-14,17,21,23,27-28,41H,2-4,6,11,15-16,18-20H2,1H3,(H,43,46)(H,44,48)/b9-5-/t21-,23-,27+,28+,35-/m1/s1. The molecule has 17 heteroatoms. The van der Waals surface area contributed by atoms with Crippen molar-refractivity contribution in [2.24, 2.45) is 5.92 Å². The number of halogens is 4. The number of oxazole rings is 1. The van der Waals surface area contributed by atoms with E-state index in [0.29, 0.717) is 61.8 Å². The molecule has 2 aliphatic carbocycles. The highest BCUT2D eigenvalue weighted by Gasteiger charge is 2.63. The van der Waals surface area contributed by atoms with Crippen molar-refractivity contribution in [2.75, 3.05) is 11.9 Å². The van der Waals surface area contributed by atoms with Crippen molar-refractivity contribution >= 4 is 44.5 Å². The van der Waals surface area contributed by atoms with E-state index in [2.05, 4.69) is 20.3 Å². The van der Waals surface area contributed by atoms with E-state index < -0.39 is 79.7 Å². The van der Waals surface area contributed by atoms with Crippen molar-refractivity contribution in [3.8, 4) is 6.08 Å². The average molecular weight is 762 g/mol. The fourth-order valence-electron chi connectivity index (χ4n) is 7.02. The molecule has 3 fully saturated rings. The Morgan fingerprint density at radius 2 is 1.89 bits per heavy atom. The van der Waals surface area contributed by atoms with Crippen LogP contribution in [0.3, 0.4) is 0 Å². The van der Waals surface area contributed by atoms with Crippen LogP contribution in [0.25, 0.3) is 11.1 Å². The Labute approximate surface area is 302 Å². The lowest BCUT2D eigenvalue weighted by Gasteiger charge is -2.30. The number of rotatable bonds is 7. The summed E-state index contributed by atoms with van der Waals surface area (Å²) in [5, 5.41) is 5.64. The first-order chi connectivity index (χ1) is 25.1. The molecule has 2 aromatic carbocycles. The molecule has 284 valence electrons. The predicted molar refractivity (Wildman–Crippen MR) is 183 cm³/mol. The van der Waals surface area contributed by atoms with Crippen molar-refractivity contribution in [2.45, 2.75) is 99.4 Å². The smallest absolute Gasteiger partial charge is 0.419 e. The van der Waals surface area contributed by atoms with Crippen LogP contribution in [0.4, 0.5) is 23.2 Å². The Balaban J connectivity index is 1.20. The summed E-state index contributed by atoms with van der Waals surface area (Å²) in [5.41, 5.74) is -2.27.